The van der Waals surface area contributed by atoms with Crippen LogP contribution in [-0.4, -0.2) is 49.9 Å². The Morgan fingerprint density at radius 3 is 2.89 bits per heavy atom. The Hall–Kier alpha value is -0.850. The van der Waals surface area contributed by atoms with Crippen LogP contribution in [0.5, 0.6) is 0 Å². The average Bonchev–Trinajstić information content (AvgIpc) is 2.82. The molecule has 0 amide bonds. The lowest BCUT2D eigenvalue weighted by Crippen LogP contribution is -2.25. The molecule has 0 aliphatic rings. The number of nitrogens with zero attached hydrogens (tertiary/aromatic N) is 5. The number of rotatable bonds is 6. The summed E-state index contributed by atoms with van der Waals surface area (Å²) in [5.74, 6) is 1.55. The van der Waals surface area contributed by atoms with Crippen molar-refractivity contribution in [3.63, 3.8) is 0 Å². The van der Waals surface area contributed by atoms with Crippen LogP contribution >= 0.6 is 23.4 Å². The number of aromatic nitrogens is 4. The van der Waals surface area contributed by atoms with Gasteiger partial charge in [-0.2, -0.15) is 19.6 Å². The van der Waals surface area contributed by atoms with E-state index in [4.69, 9.17) is 11.6 Å². The molecule has 0 atom stereocenters. The second kappa shape index (κ2) is 6.36. The molecule has 2 aromatic rings. The Morgan fingerprint density at radius 1 is 1.39 bits per heavy atom. The van der Waals surface area contributed by atoms with Gasteiger partial charge in [-0.25, -0.2) is 0 Å². The van der Waals surface area contributed by atoms with Gasteiger partial charge >= 0.3 is 0 Å². The molecule has 0 aromatic carbocycles. The largest absolute Gasteiger partial charge is 0.303 e. The van der Waals surface area contributed by atoms with Crippen LogP contribution in [0.4, 0.5) is 0 Å². The van der Waals surface area contributed by atoms with E-state index in [2.05, 4.69) is 33.8 Å². The van der Waals surface area contributed by atoms with Crippen LogP contribution in [0.15, 0.2) is 17.4 Å². The fourth-order valence-electron chi connectivity index (χ4n) is 1.68. The van der Waals surface area contributed by atoms with E-state index in [1.165, 1.54) is 6.33 Å². The molecule has 0 aliphatic heterocycles. The number of thioether (sulfide) groups is 1. The van der Waals surface area contributed by atoms with E-state index in [-0.39, 0.29) is 0 Å². The van der Waals surface area contributed by atoms with E-state index in [1.54, 1.807) is 16.3 Å². The lowest BCUT2D eigenvalue weighted by Gasteiger charge is -2.17. The van der Waals surface area contributed by atoms with Gasteiger partial charge in [-0.1, -0.05) is 25.4 Å². The molecular formula is C11H16ClN5S. The number of hydrogen-bond acceptors (Lipinski definition) is 5. The normalized spacial score (nSPS) is 11.6. The highest BCUT2D eigenvalue weighted by Crippen LogP contribution is 2.20. The summed E-state index contributed by atoms with van der Waals surface area (Å²) in [5, 5.41) is 5.59. The number of halogens is 1. The van der Waals surface area contributed by atoms with Gasteiger partial charge in [0.1, 0.15) is 16.5 Å². The van der Waals surface area contributed by atoms with Gasteiger partial charge in [0, 0.05) is 18.4 Å². The summed E-state index contributed by atoms with van der Waals surface area (Å²) in [6, 6.07) is 1.83. The minimum absolute atomic E-state index is 0.459. The highest BCUT2D eigenvalue weighted by atomic mass is 35.5. The Kier molecular flexibility index (Phi) is 4.79. The van der Waals surface area contributed by atoms with Crippen molar-refractivity contribution in [2.45, 2.75) is 18.9 Å². The Bertz CT molecular complexity index is 511. The van der Waals surface area contributed by atoms with Crippen molar-refractivity contribution in [2.24, 2.45) is 0 Å². The summed E-state index contributed by atoms with van der Waals surface area (Å²) < 4.78 is 1.72. The zero-order valence-electron chi connectivity index (χ0n) is 10.5. The Morgan fingerprint density at radius 2 is 2.17 bits per heavy atom. The van der Waals surface area contributed by atoms with E-state index in [1.807, 2.05) is 6.07 Å². The maximum atomic E-state index is 5.96. The van der Waals surface area contributed by atoms with E-state index in [0.717, 1.165) is 30.4 Å². The highest BCUT2D eigenvalue weighted by Gasteiger charge is 2.07. The SMILES string of the molecule is CCN(CC)CCSc1cc(Cl)nc2ncnn12. The van der Waals surface area contributed by atoms with Gasteiger partial charge < -0.3 is 4.90 Å². The van der Waals surface area contributed by atoms with E-state index < -0.39 is 0 Å². The molecule has 2 heterocycles. The van der Waals surface area contributed by atoms with Gasteiger partial charge in [-0.15, -0.1) is 11.8 Å². The second-order valence-corrected chi connectivity index (χ2v) is 5.27. The average molecular weight is 286 g/mol. The maximum Gasteiger partial charge on any atom is 0.254 e. The van der Waals surface area contributed by atoms with Crippen LogP contribution in [0, 0.1) is 0 Å². The van der Waals surface area contributed by atoms with Gasteiger partial charge in [-0.3, -0.25) is 0 Å². The predicted molar refractivity (Wildman–Crippen MR) is 74.3 cm³/mol. The lowest BCUT2D eigenvalue weighted by atomic mass is 10.5. The summed E-state index contributed by atoms with van der Waals surface area (Å²) in [7, 11) is 0. The lowest BCUT2D eigenvalue weighted by molar-refractivity contribution is 0.324. The topological polar surface area (TPSA) is 46.3 Å². The second-order valence-electron chi connectivity index (χ2n) is 3.76. The molecule has 5 nitrogen and oxygen atoms in total. The summed E-state index contributed by atoms with van der Waals surface area (Å²) in [5.41, 5.74) is 0. The van der Waals surface area contributed by atoms with Crippen molar-refractivity contribution in [1.82, 2.24) is 24.5 Å². The van der Waals surface area contributed by atoms with Crippen molar-refractivity contribution in [2.75, 3.05) is 25.4 Å². The highest BCUT2D eigenvalue weighted by molar-refractivity contribution is 7.99. The first-order chi connectivity index (χ1) is 8.74. The standard InChI is InChI=1S/C11H16ClN5S/c1-3-16(4-2)5-6-18-10-7-9(12)15-11-13-8-14-17(10)11/h7-8H,3-6H2,1-2H3. The smallest absolute Gasteiger partial charge is 0.254 e. The fourth-order valence-corrected chi connectivity index (χ4v) is 2.93. The van der Waals surface area contributed by atoms with Crippen LogP contribution in [0.1, 0.15) is 13.8 Å². The van der Waals surface area contributed by atoms with E-state index in [9.17, 15) is 0 Å². The fraction of sp³-hybridized carbons (Fsp3) is 0.545. The molecular weight excluding hydrogens is 270 g/mol. The third-order valence-corrected chi connectivity index (χ3v) is 3.91. The summed E-state index contributed by atoms with van der Waals surface area (Å²) in [4.78, 5) is 10.5. The molecule has 2 aromatic heterocycles. The molecule has 7 heteroatoms. The minimum Gasteiger partial charge on any atom is -0.303 e. The molecule has 0 saturated heterocycles. The van der Waals surface area contributed by atoms with Crippen molar-refractivity contribution in [3.8, 4) is 0 Å². The molecule has 0 spiro atoms. The van der Waals surface area contributed by atoms with Crippen LogP contribution in [0.2, 0.25) is 5.15 Å². The van der Waals surface area contributed by atoms with Gasteiger partial charge in [0.15, 0.2) is 0 Å². The van der Waals surface area contributed by atoms with Crippen molar-refractivity contribution in [3.05, 3.63) is 17.5 Å². The molecule has 0 radical (unpaired) electrons. The third kappa shape index (κ3) is 3.13. The quantitative estimate of drug-likeness (QED) is 0.601. The van der Waals surface area contributed by atoms with Crippen LogP contribution in [-0.2, 0) is 0 Å². The molecule has 2 rings (SSSR count). The Balaban J connectivity index is 2.05. The monoisotopic (exact) mass is 285 g/mol. The Labute approximate surface area is 116 Å². The zero-order chi connectivity index (χ0) is 13.0. The van der Waals surface area contributed by atoms with E-state index in [0.29, 0.717) is 10.9 Å². The third-order valence-electron chi connectivity index (χ3n) is 2.74. The van der Waals surface area contributed by atoms with Crippen LogP contribution in [0.25, 0.3) is 5.78 Å². The van der Waals surface area contributed by atoms with E-state index >= 15 is 0 Å². The molecule has 0 bridgehead atoms. The van der Waals surface area contributed by atoms with Crippen molar-refractivity contribution < 1.29 is 0 Å². The van der Waals surface area contributed by atoms with Gasteiger partial charge in [-0.05, 0) is 13.1 Å². The first-order valence-corrected chi connectivity index (χ1v) is 7.32. The van der Waals surface area contributed by atoms with Crippen LogP contribution in [0.3, 0.4) is 0 Å². The summed E-state index contributed by atoms with van der Waals surface area (Å²) in [6.07, 6.45) is 1.49. The number of fused-ring (bicyclic) bond motifs is 1. The van der Waals surface area contributed by atoms with Crippen molar-refractivity contribution in [1.29, 1.82) is 0 Å². The van der Waals surface area contributed by atoms with Gasteiger partial charge in [0.25, 0.3) is 5.78 Å². The molecule has 98 valence electrons. The zero-order valence-corrected chi connectivity index (χ0v) is 12.1. The molecule has 0 saturated carbocycles. The molecule has 18 heavy (non-hydrogen) atoms. The van der Waals surface area contributed by atoms with Gasteiger partial charge in [0.05, 0.1) is 0 Å². The minimum atomic E-state index is 0.459. The van der Waals surface area contributed by atoms with Crippen molar-refractivity contribution >= 4 is 29.1 Å². The number of hydrogen-bond donors (Lipinski definition) is 0. The molecule has 0 N–H and O–H groups in total. The summed E-state index contributed by atoms with van der Waals surface area (Å²) in [6.45, 7) is 7.55. The molecule has 0 unspecified atom stereocenters. The first kappa shape index (κ1) is 13.6. The summed E-state index contributed by atoms with van der Waals surface area (Å²) >= 11 is 7.68. The predicted octanol–water partition coefficient (Wildman–Crippen LogP) is 2.21. The molecule has 0 aliphatic carbocycles. The maximum absolute atomic E-state index is 5.96. The van der Waals surface area contributed by atoms with Crippen LogP contribution < -0.4 is 0 Å². The first-order valence-electron chi connectivity index (χ1n) is 5.96. The molecule has 0 fully saturated rings. The van der Waals surface area contributed by atoms with Gasteiger partial charge in [0.2, 0.25) is 0 Å².